The van der Waals surface area contributed by atoms with Gasteiger partial charge in [0.2, 0.25) is 5.91 Å². The molecule has 0 N–H and O–H groups in total. The van der Waals surface area contributed by atoms with Crippen LogP contribution in [0.1, 0.15) is 66.4 Å². The third-order valence-corrected chi connectivity index (χ3v) is 7.23. The lowest BCUT2D eigenvalue weighted by Crippen LogP contribution is -2.28. The Kier molecular flexibility index (Phi) is 6.15. The SMILES string of the molecule is Cc1nc2cc(C3CCCN3Cc3ccc(F)cc3)nn2c(C)c1CCC(=O)N1CCCC1. The highest BCUT2D eigenvalue weighted by Gasteiger charge is 2.29. The Hall–Kier alpha value is -2.80. The minimum atomic E-state index is -0.202. The second-order valence-electron chi connectivity index (χ2n) is 9.44. The summed E-state index contributed by atoms with van der Waals surface area (Å²) < 4.78 is 15.2. The Balaban J connectivity index is 1.35. The highest BCUT2D eigenvalue weighted by atomic mass is 19.1. The van der Waals surface area contributed by atoms with Gasteiger partial charge in [-0.2, -0.15) is 5.10 Å². The maximum atomic E-state index is 13.3. The van der Waals surface area contributed by atoms with E-state index in [1.54, 1.807) is 0 Å². The lowest BCUT2D eigenvalue weighted by atomic mass is 10.1. The van der Waals surface area contributed by atoms with Crippen LogP contribution in [0.5, 0.6) is 0 Å². The number of likely N-dealkylation sites (tertiary alicyclic amines) is 2. The fourth-order valence-electron chi connectivity index (χ4n) is 5.40. The molecule has 2 aromatic heterocycles. The normalized spacial score (nSPS) is 19.1. The summed E-state index contributed by atoms with van der Waals surface area (Å²) in [6.45, 7) is 7.70. The van der Waals surface area contributed by atoms with Gasteiger partial charge in [-0.1, -0.05) is 12.1 Å². The van der Waals surface area contributed by atoms with Gasteiger partial charge in [-0.25, -0.2) is 13.9 Å². The Labute approximate surface area is 194 Å². The number of nitrogens with zero attached hydrogens (tertiary/aromatic N) is 5. The molecule has 2 saturated heterocycles. The van der Waals surface area contributed by atoms with Crippen LogP contribution >= 0.6 is 0 Å². The molecule has 33 heavy (non-hydrogen) atoms. The minimum Gasteiger partial charge on any atom is -0.343 e. The first kappa shape index (κ1) is 22.0. The van der Waals surface area contributed by atoms with Crippen LogP contribution in [0.4, 0.5) is 4.39 Å². The number of hydrogen-bond acceptors (Lipinski definition) is 4. The topological polar surface area (TPSA) is 53.7 Å². The van der Waals surface area contributed by atoms with Crippen LogP contribution in [0.25, 0.3) is 5.65 Å². The average Bonchev–Trinajstić information content (AvgIpc) is 3.55. The Morgan fingerprint density at radius 1 is 1.09 bits per heavy atom. The van der Waals surface area contributed by atoms with Crippen molar-refractivity contribution in [3.05, 3.63) is 64.4 Å². The number of carbonyl (C=O) groups excluding carboxylic acids is 1. The molecule has 1 unspecified atom stereocenters. The van der Waals surface area contributed by atoms with E-state index in [0.717, 1.165) is 85.7 Å². The highest BCUT2D eigenvalue weighted by molar-refractivity contribution is 5.76. The van der Waals surface area contributed by atoms with Crippen LogP contribution in [0, 0.1) is 19.7 Å². The monoisotopic (exact) mass is 449 g/mol. The third-order valence-electron chi connectivity index (χ3n) is 7.23. The van der Waals surface area contributed by atoms with Gasteiger partial charge < -0.3 is 4.90 Å². The van der Waals surface area contributed by atoms with Gasteiger partial charge >= 0.3 is 0 Å². The first-order valence-corrected chi connectivity index (χ1v) is 12.1. The van der Waals surface area contributed by atoms with Gasteiger partial charge in [-0.15, -0.1) is 0 Å². The zero-order chi connectivity index (χ0) is 22.9. The van der Waals surface area contributed by atoms with Crippen molar-refractivity contribution in [3.63, 3.8) is 0 Å². The van der Waals surface area contributed by atoms with E-state index in [0.29, 0.717) is 12.8 Å². The van der Waals surface area contributed by atoms with E-state index in [1.165, 1.54) is 12.1 Å². The molecule has 0 radical (unpaired) electrons. The number of hydrogen-bond donors (Lipinski definition) is 0. The fourth-order valence-corrected chi connectivity index (χ4v) is 5.40. The zero-order valence-electron chi connectivity index (χ0n) is 19.6. The molecule has 3 aromatic rings. The first-order valence-electron chi connectivity index (χ1n) is 12.1. The van der Waals surface area contributed by atoms with Gasteiger partial charge in [0.25, 0.3) is 0 Å². The molecule has 0 saturated carbocycles. The highest BCUT2D eigenvalue weighted by Crippen LogP contribution is 2.33. The standard InChI is InChI=1S/C26H32FN5O/c1-18-22(11-12-26(33)30-13-3-4-14-30)19(2)32-25(28-18)16-23(29-32)24-6-5-15-31(24)17-20-7-9-21(27)10-8-20/h7-10,16,24H,3-6,11-15,17H2,1-2H3. The Morgan fingerprint density at radius 3 is 2.61 bits per heavy atom. The van der Waals surface area contributed by atoms with E-state index in [9.17, 15) is 9.18 Å². The molecule has 2 fully saturated rings. The van der Waals surface area contributed by atoms with Crippen LogP contribution in [-0.4, -0.2) is 49.9 Å². The van der Waals surface area contributed by atoms with E-state index in [4.69, 9.17) is 10.1 Å². The predicted octanol–water partition coefficient (Wildman–Crippen LogP) is 4.38. The van der Waals surface area contributed by atoms with Gasteiger partial charge in [0.05, 0.1) is 11.7 Å². The lowest BCUT2D eigenvalue weighted by molar-refractivity contribution is -0.130. The molecule has 5 rings (SSSR count). The van der Waals surface area contributed by atoms with Crippen molar-refractivity contribution in [3.8, 4) is 0 Å². The van der Waals surface area contributed by atoms with Crippen LogP contribution in [0.2, 0.25) is 0 Å². The third kappa shape index (κ3) is 4.51. The number of halogens is 1. The lowest BCUT2D eigenvalue weighted by Gasteiger charge is -2.23. The van der Waals surface area contributed by atoms with Gasteiger partial charge in [0.15, 0.2) is 5.65 Å². The summed E-state index contributed by atoms with van der Waals surface area (Å²) >= 11 is 0. The summed E-state index contributed by atoms with van der Waals surface area (Å²) in [5, 5.41) is 4.96. The zero-order valence-corrected chi connectivity index (χ0v) is 19.6. The smallest absolute Gasteiger partial charge is 0.222 e. The molecule has 4 heterocycles. The van der Waals surface area contributed by atoms with Crippen molar-refractivity contribution in [2.45, 2.75) is 65.0 Å². The number of aryl methyl sites for hydroxylation is 2. The number of rotatable bonds is 6. The molecule has 2 aliphatic rings. The van der Waals surface area contributed by atoms with Crippen LogP contribution in [-0.2, 0) is 17.8 Å². The van der Waals surface area contributed by atoms with E-state index in [2.05, 4.69) is 17.9 Å². The number of carbonyl (C=O) groups is 1. The van der Waals surface area contributed by atoms with Crippen molar-refractivity contribution >= 4 is 11.6 Å². The fraction of sp³-hybridized carbons (Fsp3) is 0.500. The molecule has 1 amide bonds. The van der Waals surface area contributed by atoms with Gasteiger partial charge in [-0.3, -0.25) is 9.69 Å². The van der Waals surface area contributed by atoms with E-state index in [-0.39, 0.29) is 17.8 Å². The van der Waals surface area contributed by atoms with Crippen LogP contribution in [0.3, 0.4) is 0 Å². The van der Waals surface area contributed by atoms with E-state index in [1.807, 2.05) is 28.5 Å². The maximum absolute atomic E-state index is 13.3. The summed E-state index contributed by atoms with van der Waals surface area (Å²) in [5.41, 5.74) is 6.19. The van der Waals surface area contributed by atoms with E-state index >= 15 is 0 Å². The molecule has 1 atom stereocenters. The van der Waals surface area contributed by atoms with Crippen LogP contribution < -0.4 is 0 Å². The van der Waals surface area contributed by atoms with E-state index < -0.39 is 0 Å². The molecule has 0 bridgehead atoms. The second kappa shape index (κ2) is 9.21. The molecular formula is C26H32FN5O. The first-order chi connectivity index (χ1) is 16.0. The summed E-state index contributed by atoms with van der Waals surface area (Å²) in [7, 11) is 0. The van der Waals surface area contributed by atoms with Gasteiger partial charge in [0.1, 0.15) is 5.82 Å². The Bertz CT molecular complexity index is 1150. The second-order valence-corrected chi connectivity index (χ2v) is 9.44. The minimum absolute atomic E-state index is 0.202. The van der Waals surface area contributed by atoms with Crippen molar-refractivity contribution in [2.24, 2.45) is 0 Å². The Morgan fingerprint density at radius 2 is 1.85 bits per heavy atom. The van der Waals surface area contributed by atoms with Crippen molar-refractivity contribution < 1.29 is 9.18 Å². The number of fused-ring (bicyclic) bond motifs is 1. The van der Waals surface area contributed by atoms with Crippen LogP contribution in [0.15, 0.2) is 30.3 Å². The molecule has 0 spiro atoms. The predicted molar refractivity (Wildman–Crippen MR) is 125 cm³/mol. The largest absolute Gasteiger partial charge is 0.343 e. The van der Waals surface area contributed by atoms with Crippen molar-refractivity contribution in [1.82, 2.24) is 24.4 Å². The summed E-state index contributed by atoms with van der Waals surface area (Å²) in [6.07, 6.45) is 5.64. The van der Waals surface area contributed by atoms with Crippen molar-refractivity contribution in [2.75, 3.05) is 19.6 Å². The molecule has 0 aliphatic carbocycles. The van der Waals surface area contributed by atoms with Gasteiger partial charge in [0, 0.05) is 43.5 Å². The molecule has 7 heteroatoms. The average molecular weight is 450 g/mol. The summed E-state index contributed by atoms with van der Waals surface area (Å²) in [4.78, 5) is 21.8. The molecule has 174 valence electrons. The number of benzene rings is 1. The molecular weight excluding hydrogens is 417 g/mol. The van der Waals surface area contributed by atoms with Gasteiger partial charge in [-0.05, 0) is 75.8 Å². The quantitative estimate of drug-likeness (QED) is 0.561. The van der Waals surface area contributed by atoms with Crippen molar-refractivity contribution in [1.29, 1.82) is 0 Å². The molecule has 1 aromatic carbocycles. The molecule has 6 nitrogen and oxygen atoms in total. The summed E-state index contributed by atoms with van der Waals surface area (Å²) in [5.74, 6) is 0.0434. The maximum Gasteiger partial charge on any atom is 0.222 e. The number of aromatic nitrogens is 3. The molecule has 2 aliphatic heterocycles. The summed E-state index contributed by atoms with van der Waals surface area (Å²) in [6, 6.07) is 9.11. The number of amides is 1.